The highest BCUT2D eigenvalue weighted by atomic mass is 16.5. The van der Waals surface area contributed by atoms with E-state index >= 15 is 0 Å². The van der Waals surface area contributed by atoms with Gasteiger partial charge in [0.05, 0.1) is 24.6 Å². The van der Waals surface area contributed by atoms with Crippen LogP contribution in [0.3, 0.4) is 0 Å². The lowest BCUT2D eigenvalue weighted by molar-refractivity contribution is -0.0160. The fraction of sp³-hybridized carbons (Fsp3) is 0.611. The number of aromatic nitrogens is 4. The quantitative estimate of drug-likeness (QED) is 0.809. The molecule has 0 bridgehead atoms. The molecule has 2 aliphatic rings. The zero-order valence-electron chi connectivity index (χ0n) is 18.7. The van der Waals surface area contributed by atoms with Gasteiger partial charge in [0.1, 0.15) is 0 Å². The van der Waals surface area contributed by atoms with Gasteiger partial charge in [-0.05, 0) is 39.9 Å². The van der Waals surface area contributed by atoms with Crippen molar-refractivity contribution in [3.63, 3.8) is 0 Å². The van der Waals surface area contributed by atoms with E-state index in [9.17, 15) is 0 Å². The minimum Gasteiger partial charge on any atom is -0.375 e. The lowest BCUT2D eigenvalue weighted by Crippen LogP contribution is -2.22. The maximum atomic E-state index is 7.77. The number of ether oxygens (including phenoxy) is 1. The number of anilines is 2. The summed E-state index contributed by atoms with van der Waals surface area (Å²) >= 11 is 0. The first kappa shape index (κ1) is 12.2. The lowest BCUT2D eigenvalue weighted by Gasteiger charge is -2.22. The molecular formula is C18H26N6O. The third kappa shape index (κ3) is 3.61. The van der Waals surface area contributed by atoms with Crippen LogP contribution in [-0.4, -0.2) is 37.8 Å². The molecule has 4 rings (SSSR count). The Balaban J connectivity index is 1.56. The molecule has 0 aromatic carbocycles. The Hall–Kier alpha value is -2.15. The van der Waals surface area contributed by atoms with Crippen LogP contribution in [0.25, 0.3) is 11.2 Å². The van der Waals surface area contributed by atoms with Crippen molar-refractivity contribution in [3.05, 3.63) is 18.5 Å². The van der Waals surface area contributed by atoms with Gasteiger partial charge in [-0.3, -0.25) is 0 Å². The van der Waals surface area contributed by atoms with Gasteiger partial charge in [0.25, 0.3) is 0 Å². The molecule has 0 amide bonds. The van der Waals surface area contributed by atoms with Gasteiger partial charge < -0.3 is 20.4 Å². The Morgan fingerprint density at radius 2 is 2.16 bits per heavy atom. The van der Waals surface area contributed by atoms with Crippen molar-refractivity contribution in [1.82, 2.24) is 19.5 Å². The van der Waals surface area contributed by atoms with Gasteiger partial charge in [0, 0.05) is 17.4 Å². The summed E-state index contributed by atoms with van der Waals surface area (Å²) in [5, 5.41) is 2.83. The van der Waals surface area contributed by atoms with Crippen molar-refractivity contribution in [2.24, 2.45) is 5.92 Å². The number of hydrogen-bond donors (Lipinski definition) is 2. The summed E-state index contributed by atoms with van der Waals surface area (Å²) < 4.78 is 38.9. The largest absolute Gasteiger partial charge is 0.375 e. The van der Waals surface area contributed by atoms with Crippen LogP contribution in [0.5, 0.6) is 0 Å². The van der Waals surface area contributed by atoms with Crippen LogP contribution in [-0.2, 0) is 4.74 Å². The van der Waals surface area contributed by atoms with Gasteiger partial charge in [0.2, 0.25) is 5.95 Å². The Labute approximate surface area is 153 Å². The third-order valence-electron chi connectivity index (χ3n) is 4.25. The number of nitrogens with one attached hydrogen (secondary N) is 1. The number of allylic oxidation sites excluding steroid dienone is 1. The summed E-state index contributed by atoms with van der Waals surface area (Å²) in [6, 6.07) is -0.961. The van der Waals surface area contributed by atoms with Crippen LogP contribution in [0.15, 0.2) is 18.5 Å². The van der Waals surface area contributed by atoms with Crippen LogP contribution in [0.4, 0.5) is 11.8 Å². The zero-order chi connectivity index (χ0) is 21.2. The van der Waals surface area contributed by atoms with Crippen molar-refractivity contribution in [1.29, 1.82) is 0 Å². The Morgan fingerprint density at radius 1 is 1.36 bits per heavy atom. The highest BCUT2D eigenvalue weighted by molar-refractivity contribution is 5.84. The highest BCUT2D eigenvalue weighted by Gasteiger charge is 2.27. The highest BCUT2D eigenvalue weighted by Crippen LogP contribution is 2.33. The topological polar surface area (TPSA) is 90.9 Å². The van der Waals surface area contributed by atoms with E-state index in [1.54, 1.807) is 6.33 Å². The Kier molecular flexibility index (Phi) is 2.93. The van der Waals surface area contributed by atoms with Crippen LogP contribution < -0.4 is 11.1 Å². The molecule has 7 heteroatoms. The van der Waals surface area contributed by atoms with E-state index in [4.69, 9.17) is 16.0 Å². The van der Waals surface area contributed by atoms with Crippen LogP contribution in [0.2, 0.25) is 0 Å². The SMILES string of the molecule is [2H]C1([2H])C(Nc2nc(N)nc3c2ncn3[C@H]2C=C[C@H](COC(C)(C)C)C2)C1([2H])[2H]. The molecule has 0 saturated heterocycles. The van der Waals surface area contributed by atoms with Crippen LogP contribution in [0, 0.1) is 5.92 Å². The second-order valence-corrected chi connectivity index (χ2v) is 7.49. The molecule has 1 saturated carbocycles. The van der Waals surface area contributed by atoms with E-state index in [1.807, 2.05) is 25.3 Å². The predicted octanol–water partition coefficient (Wildman–Crippen LogP) is 2.92. The zero-order valence-corrected chi connectivity index (χ0v) is 14.7. The van der Waals surface area contributed by atoms with Gasteiger partial charge >= 0.3 is 0 Å². The van der Waals surface area contributed by atoms with Crippen LogP contribution in [0.1, 0.15) is 51.5 Å². The molecule has 134 valence electrons. The summed E-state index contributed by atoms with van der Waals surface area (Å²) in [6.07, 6.45) is 2.80. The van der Waals surface area contributed by atoms with Crippen molar-refractivity contribution in [2.75, 3.05) is 17.7 Å². The van der Waals surface area contributed by atoms with Crippen molar-refractivity contribution < 1.29 is 10.2 Å². The van der Waals surface area contributed by atoms with Crippen molar-refractivity contribution in [3.8, 4) is 0 Å². The Bertz CT molecular complexity index is 953. The molecule has 2 aromatic rings. The summed E-state index contributed by atoms with van der Waals surface area (Å²) in [5.74, 6) is 0.564. The number of rotatable bonds is 5. The molecule has 2 aromatic heterocycles. The predicted molar refractivity (Wildman–Crippen MR) is 98.4 cm³/mol. The van der Waals surface area contributed by atoms with E-state index in [0.717, 1.165) is 6.42 Å². The summed E-state index contributed by atoms with van der Waals surface area (Å²) in [4.78, 5) is 12.9. The van der Waals surface area contributed by atoms with Gasteiger partial charge in [-0.2, -0.15) is 9.97 Å². The third-order valence-corrected chi connectivity index (χ3v) is 4.25. The maximum Gasteiger partial charge on any atom is 0.224 e. The van der Waals surface area contributed by atoms with Gasteiger partial charge in [0.15, 0.2) is 17.0 Å². The fourth-order valence-electron chi connectivity index (χ4n) is 2.97. The molecule has 3 N–H and O–H groups in total. The maximum absolute atomic E-state index is 7.77. The first-order valence-electron chi connectivity index (χ1n) is 10.5. The molecule has 2 atom stereocenters. The van der Waals surface area contributed by atoms with Crippen LogP contribution >= 0.6 is 0 Å². The molecule has 1 fully saturated rings. The Morgan fingerprint density at radius 3 is 2.88 bits per heavy atom. The number of nitrogen functional groups attached to an aromatic ring is 1. The summed E-state index contributed by atoms with van der Waals surface area (Å²) in [7, 11) is 0. The number of nitrogens with two attached hydrogens (primary N) is 1. The number of nitrogens with zero attached hydrogens (tertiary/aromatic N) is 4. The first-order valence-corrected chi connectivity index (χ1v) is 8.49. The number of hydrogen-bond acceptors (Lipinski definition) is 6. The lowest BCUT2D eigenvalue weighted by atomic mass is 10.1. The van der Waals surface area contributed by atoms with E-state index in [2.05, 4.69) is 32.4 Å². The molecule has 25 heavy (non-hydrogen) atoms. The van der Waals surface area contributed by atoms with Crippen molar-refractivity contribution in [2.45, 2.75) is 57.6 Å². The molecular weight excluding hydrogens is 316 g/mol. The van der Waals surface area contributed by atoms with E-state index < -0.39 is 18.8 Å². The smallest absolute Gasteiger partial charge is 0.224 e. The average molecular weight is 346 g/mol. The molecule has 0 aliphatic heterocycles. The number of fused-ring (bicyclic) bond motifs is 1. The summed E-state index contributed by atoms with van der Waals surface area (Å²) in [6.45, 7) is 6.74. The second kappa shape index (κ2) is 5.98. The molecule has 7 nitrogen and oxygen atoms in total. The molecule has 2 heterocycles. The van der Waals surface area contributed by atoms with E-state index in [1.165, 1.54) is 0 Å². The van der Waals surface area contributed by atoms with Gasteiger partial charge in [-0.15, -0.1) is 0 Å². The average Bonchev–Trinajstić information content (AvgIpc) is 3.08. The van der Waals surface area contributed by atoms with Gasteiger partial charge in [-0.1, -0.05) is 12.2 Å². The fourth-order valence-corrected chi connectivity index (χ4v) is 2.97. The molecule has 0 spiro atoms. The molecule has 0 radical (unpaired) electrons. The van der Waals surface area contributed by atoms with Gasteiger partial charge in [-0.25, -0.2) is 4.98 Å². The molecule has 0 unspecified atom stereocenters. The molecule has 2 aliphatic carbocycles. The number of imidazole rings is 1. The normalized spacial score (nSPS) is 29.9. The van der Waals surface area contributed by atoms with Crippen molar-refractivity contribution >= 4 is 22.9 Å². The monoisotopic (exact) mass is 346 g/mol. The second-order valence-electron chi connectivity index (χ2n) is 7.49. The van der Waals surface area contributed by atoms with E-state index in [-0.39, 0.29) is 23.4 Å². The minimum atomic E-state index is -1.98. The standard InChI is InChI=1S/C18H26N6O/c1-18(2,3)25-9-11-4-7-13(8-11)24-10-20-14-15(21-12-5-6-12)22-17(19)23-16(14)24/h4,7,10-13H,5-6,8-9H2,1-3H3,(H3,19,21,22,23)/t11-,13-/m0/s1/i5D2,6D2. The van der Waals surface area contributed by atoms with E-state index in [0.29, 0.717) is 23.7 Å². The summed E-state index contributed by atoms with van der Waals surface area (Å²) in [5.41, 5.74) is 6.67. The first-order chi connectivity index (χ1) is 13.4. The minimum absolute atomic E-state index is 0.0260.